The standard InChI is InChI=1S/C12H23N3O2/c1-5-7-10-11(13)12(15(4)14-10)17-9(3)8-16-6-2/h9H,5-8,13H2,1-4H3. The number of aromatic nitrogens is 2. The van der Waals surface area contributed by atoms with Gasteiger partial charge in [0.1, 0.15) is 11.8 Å². The van der Waals surface area contributed by atoms with Crippen LogP contribution in [0.3, 0.4) is 0 Å². The highest BCUT2D eigenvalue weighted by atomic mass is 16.5. The SMILES string of the molecule is CCCc1nn(C)c(OC(C)COCC)c1N. The molecule has 1 rings (SSSR count). The summed E-state index contributed by atoms with van der Waals surface area (Å²) in [5.74, 6) is 0.639. The molecule has 5 heteroatoms. The Morgan fingerprint density at radius 1 is 1.41 bits per heavy atom. The number of anilines is 1. The van der Waals surface area contributed by atoms with E-state index in [0.29, 0.717) is 24.8 Å². The Balaban J connectivity index is 2.69. The van der Waals surface area contributed by atoms with Gasteiger partial charge in [-0.3, -0.25) is 0 Å². The third-order valence-corrected chi connectivity index (χ3v) is 2.46. The Labute approximate surface area is 103 Å². The zero-order chi connectivity index (χ0) is 12.8. The lowest BCUT2D eigenvalue weighted by Crippen LogP contribution is -2.20. The Morgan fingerprint density at radius 3 is 2.71 bits per heavy atom. The first-order valence-corrected chi connectivity index (χ1v) is 6.15. The molecule has 0 radical (unpaired) electrons. The van der Waals surface area contributed by atoms with E-state index in [1.807, 2.05) is 20.9 Å². The molecule has 0 aromatic carbocycles. The number of hydrogen-bond donors (Lipinski definition) is 1. The fourth-order valence-electron chi connectivity index (χ4n) is 1.65. The predicted molar refractivity (Wildman–Crippen MR) is 68.2 cm³/mol. The molecule has 98 valence electrons. The van der Waals surface area contributed by atoms with E-state index < -0.39 is 0 Å². The number of nitrogen functional groups attached to an aromatic ring is 1. The molecule has 0 fully saturated rings. The largest absolute Gasteiger partial charge is 0.471 e. The molecule has 2 N–H and O–H groups in total. The predicted octanol–water partition coefficient (Wildman–Crippen LogP) is 1.76. The van der Waals surface area contributed by atoms with Gasteiger partial charge >= 0.3 is 0 Å². The number of hydrogen-bond acceptors (Lipinski definition) is 4. The summed E-state index contributed by atoms with van der Waals surface area (Å²) in [6, 6.07) is 0. The fourth-order valence-corrected chi connectivity index (χ4v) is 1.65. The summed E-state index contributed by atoms with van der Waals surface area (Å²) in [7, 11) is 1.85. The third-order valence-electron chi connectivity index (χ3n) is 2.46. The number of nitrogens with zero attached hydrogens (tertiary/aromatic N) is 2. The highest BCUT2D eigenvalue weighted by Gasteiger charge is 2.16. The second kappa shape index (κ2) is 6.49. The van der Waals surface area contributed by atoms with Crippen LogP contribution in [0.25, 0.3) is 0 Å². The zero-order valence-electron chi connectivity index (χ0n) is 11.2. The molecule has 0 bridgehead atoms. The first-order valence-electron chi connectivity index (χ1n) is 6.15. The lowest BCUT2D eigenvalue weighted by Gasteiger charge is -2.14. The summed E-state index contributed by atoms with van der Waals surface area (Å²) in [6.07, 6.45) is 1.88. The minimum absolute atomic E-state index is 0.0258. The van der Waals surface area contributed by atoms with E-state index in [4.69, 9.17) is 15.2 Å². The molecule has 0 amide bonds. The molecular formula is C12H23N3O2. The lowest BCUT2D eigenvalue weighted by atomic mass is 10.2. The molecule has 0 aliphatic rings. The smallest absolute Gasteiger partial charge is 0.236 e. The van der Waals surface area contributed by atoms with Gasteiger partial charge < -0.3 is 15.2 Å². The molecule has 1 unspecified atom stereocenters. The van der Waals surface area contributed by atoms with Gasteiger partial charge in [0.25, 0.3) is 0 Å². The number of aryl methyl sites for hydroxylation is 2. The summed E-state index contributed by atoms with van der Waals surface area (Å²) in [5.41, 5.74) is 7.58. The minimum atomic E-state index is -0.0258. The second-order valence-electron chi connectivity index (χ2n) is 4.13. The Morgan fingerprint density at radius 2 is 2.12 bits per heavy atom. The molecule has 1 aromatic heterocycles. The maximum Gasteiger partial charge on any atom is 0.236 e. The maximum atomic E-state index is 6.02. The van der Waals surface area contributed by atoms with Crippen molar-refractivity contribution in [3.63, 3.8) is 0 Å². The van der Waals surface area contributed by atoms with Crippen molar-refractivity contribution in [3.05, 3.63) is 5.69 Å². The van der Waals surface area contributed by atoms with E-state index >= 15 is 0 Å². The van der Waals surface area contributed by atoms with Crippen LogP contribution in [0.4, 0.5) is 5.69 Å². The molecule has 0 saturated heterocycles. The monoisotopic (exact) mass is 241 g/mol. The van der Waals surface area contributed by atoms with Crippen molar-refractivity contribution in [1.29, 1.82) is 0 Å². The van der Waals surface area contributed by atoms with Crippen molar-refractivity contribution in [1.82, 2.24) is 9.78 Å². The van der Waals surface area contributed by atoms with Crippen molar-refractivity contribution in [2.75, 3.05) is 18.9 Å². The number of rotatable bonds is 7. The molecule has 17 heavy (non-hydrogen) atoms. The molecular weight excluding hydrogens is 218 g/mol. The van der Waals surface area contributed by atoms with Gasteiger partial charge in [-0.05, 0) is 20.3 Å². The van der Waals surface area contributed by atoms with Gasteiger partial charge in [-0.25, -0.2) is 4.68 Å². The summed E-state index contributed by atoms with van der Waals surface area (Å²) in [4.78, 5) is 0. The molecule has 5 nitrogen and oxygen atoms in total. The van der Waals surface area contributed by atoms with Crippen LogP contribution in [0, 0.1) is 0 Å². The summed E-state index contributed by atoms with van der Waals surface area (Å²) < 4.78 is 12.8. The van der Waals surface area contributed by atoms with E-state index in [1.165, 1.54) is 0 Å². The van der Waals surface area contributed by atoms with Gasteiger partial charge in [0.05, 0.1) is 12.3 Å². The van der Waals surface area contributed by atoms with Gasteiger partial charge in [0.2, 0.25) is 5.88 Å². The molecule has 1 atom stereocenters. The Bertz CT molecular complexity index is 350. The van der Waals surface area contributed by atoms with Gasteiger partial charge in [-0.1, -0.05) is 13.3 Å². The lowest BCUT2D eigenvalue weighted by molar-refractivity contribution is 0.0615. The second-order valence-corrected chi connectivity index (χ2v) is 4.13. The average molecular weight is 241 g/mol. The normalized spacial score (nSPS) is 12.7. The highest BCUT2D eigenvalue weighted by molar-refractivity contribution is 5.53. The maximum absolute atomic E-state index is 6.02. The van der Waals surface area contributed by atoms with Crippen LogP contribution in [0.1, 0.15) is 32.9 Å². The van der Waals surface area contributed by atoms with Crippen LogP contribution in [-0.2, 0) is 18.2 Å². The van der Waals surface area contributed by atoms with Gasteiger partial charge in [-0.2, -0.15) is 5.10 Å². The Hall–Kier alpha value is -1.23. The van der Waals surface area contributed by atoms with E-state index in [2.05, 4.69) is 12.0 Å². The molecule has 0 saturated carbocycles. The molecule has 0 aliphatic heterocycles. The Kier molecular flexibility index (Phi) is 5.28. The van der Waals surface area contributed by atoms with Crippen LogP contribution < -0.4 is 10.5 Å². The van der Waals surface area contributed by atoms with Crippen LogP contribution in [0.15, 0.2) is 0 Å². The average Bonchev–Trinajstić information content (AvgIpc) is 2.55. The van der Waals surface area contributed by atoms with Crippen molar-refractivity contribution < 1.29 is 9.47 Å². The third kappa shape index (κ3) is 3.63. The van der Waals surface area contributed by atoms with E-state index in [9.17, 15) is 0 Å². The van der Waals surface area contributed by atoms with Gasteiger partial charge in [0, 0.05) is 13.7 Å². The number of nitrogens with two attached hydrogens (primary N) is 1. The van der Waals surface area contributed by atoms with Gasteiger partial charge in [-0.15, -0.1) is 0 Å². The minimum Gasteiger partial charge on any atom is -0.471 e. The van der Waals surface area contributed by atoms with Crippen molar-refractivity contribution in [2.45, 2.75) is 39.7 Å². The van der Waals surface area contributed by atoms with Crippen LogP contribution in [-0.4, -0.2) is 29.1 Å². The van der Waals surface area contributed by atoms with E-state index in [1.54, 1.807) is 4.68 Å². The van der Waals surface area contributed by atoms with Crippen LogP contribution in [0.5, 0.6) is 5.88 Å². The highest BCUT2D eigenvalue weighted by Crippen LogP contribution is 2.26. The fraction of sp³-hybridized carbons (Fsp3) is 0.750. The van der Waals surface area contributed by atoms with Crippen molar-refractivity contribution in [2.24, 2.45) is 7.05 Å². The van der Waals surface area contributed by atoms with Crippen molar-refractivity contribution in [3.8, 4) is 5.88 Å². The number of ether oxygens (including phenoxy) is 2. The molecule has 0 spiro atoms. The summed E-state index contributed by atoms with van der Waals surface area (Å²) in [6.45, 7) is 7.28. The van der Waals surface area contributed by atoms with Crippen molar-refractivity contribution >= 4 is 5.69 Å². The first kappa shape index (κ1) is 13.8. The summed E-state index contributed by atoms with van der Waals surface area (Å²) >= 11 is 0. The quantitative estimate of drug-likeness (QED) is 0.790. The van der Waals surface area contributed by atoms with Crippen LogP contribution in [0.2, 0.25) is 0 Å². The summed E-state index contributed by atoms with van der Waals surface area (Å²) in [5, 5.41) is 4.36. The van der Waals surface area contributed by atoms with Crippen LogP contribution >= 0.6 is 0 Å². The van der Waals surface area contributed by atoms with Gasteiger partial charge in [0.15, 0.2) is 0 Å². The topological polar surface area (TPSA) is 62.3 Å². The molecule has 0 aliphatic carbocycles. The molecule has 1 heterocycles. The van der Waals surface area contributed by atoms with E-state index in [0.717, 1.165) is 18.5 Å². The zero-order valence-corrected chi connectivity index (χ0v) is 11.2. The van der Waals surface area contributed by atoms with E-state index in [-0.39, 0.29) is 6.10 Å². The molecule has 1 aromatic rings. The first-order chi connectivity index (χ1) is 8.10.